The van der Waals surface area contributed by atoms with Crippen LogP contribution in [0.4, 0.5) is 0 Å². The van der Waals surface area contributed by atoms with Crippen LogP contribution in [0.1, 0.15) is 24.5 Å². The molecule has 0 bridgehead atoms. The van der Waals surface area contributed by atoms with E-state index >= 15 is 0 Å². The van der Waals surface area contributed by atoms with E-state index in [2.05, 4.69) is 36.2 Å². The molecule has 134 valence electrons. The lowest BCUT2D eigenvalue weighted by Crippen LogP contribution is -3.13. The molecule has 2 N–H and O–H groups in total. The van der Waals surface area contributed by atoms with E-state index < -0.39 is 0 Å². The van der Waals surface area contributed by atoms with Crippen LogP contribution in [0.5, 0.6) is 11.5 Å². The number of quaternary nitrogens is 1. The topological polar surface area (TPSA) is 38.2 Å². The second-order valence-corrected chi connectivity index (χ2v) is 6.67. The number of nitrogens with zero attached hydrogens (tertiary/aromatic N) is 1. The number of methoxy groups -OCH3 is 2. The minimum Gasteiger partial charge on any atom is -0.493 e. The molecule has 0 saturated carbocycles. The van der Waals surface area contributed by atoms with E-state index in [0.29, 0.717) is 0 Å². The fraction of sp³-hybridized carbons (Fsp3) is 0.611. The van der Waals surface area contributed by atoms with E-state index in [1.54, 1.807) is 19.1 Å². The van der Waals surface area contributed by atoms with Gasteiger partial charge in [0, 0.05) is 12.1 Å². The summed E-state index contributed by atoms with van der Waals surface area (Å²) in [6.07, 6.45) is 1.10. The number of hydrogen-bond donors (Lipinski definition) is 2. The Hall–Kier alpha value is -1.53. The first-order valence-electron chi connectivity index (χ1n) is 8.66. The van der Waals surface area contributed by atoms with Crippen LogP contribution in [0, 0.1) is 6.92 Å². The number of piperazine rings is 1. The molecule has 0 spiro atoms. The predicted octanol–water partition coefficient (Wildman–Crippen LogP) is 0.997. The maximum Gasteiger partial charge on any atom is 0.169 e. The van der Waals surface area contributed by atoms with Crippen LogP contribution in [0.25, 0.3) is 0 Å². The highest BCUT2D eigenvalue weighted by atomic mass is 32.1. The smallest absolute Gasteiger partial charge is 0.169 e. The number of rotatable bonds is 6. The molecule has 1 fully saturated rings. The SMILES string of the molecule is CCCNC(=S)N1CC[NH+](Cc2cc(OC)c(OC)cc2C)CC1. The number of ether oxygens (including phenoxy) is 2. The first-order chi connectivity index (χ1) is 11.6. The lowest BCUT2D eigenvalue weighted by Gasteiger charge is -2.34. The van der Waals surface area contributed by atoms with E-state index in [1.807, 2.05) is 0 Å². The summed E-state index contributed by atoms with van der Waals surface area (Å²) in [7, 11) is 3.36. The minimum absolute atomic E-state index is 0.797. The molecule has 0 amide bonds. The molecule has 0 radical (unpaired) electrons. The first-order valence-corrected chi connectivity index (χ1v) is 9.07. The normalized spacial score (nSPS) is 15.2. The third-order valence-electron chi connectivity index (χ3n) is 4.57. The average molecular weight is 353 g/mol. The fourth-order valence-electron chi connectivity index (χ4n) is 3.03. The Kier molecular flexibility index (Phi) is 7.12. The van der Waals surface area contributed by atoms with Crippen molar-refractivity contribution in [2.24, 2.45) is 0 Å². The summed E-state index contributed by atoms with van der Waals surface area (Å²) in [6, 6.07) is 4.18. The van der Waals surface area contributed by atoms with Crippen LogP contribution in [0.15, 0.2) is 12.1 Å². The van der Waals surface area contributed by atoms with Gasteiger partial charge in [0.25, 0.3) is 0 Å². The van der Waals surface area contributed by atoms with Gasteiger partial charge in [0.2, 0.25) is 0 Å². The van der Waals surface area contributed by atoms with E-state index in [1.165, 1.54) is 11.1 Å². The summed E-state index contributed by atoms with van der Waals surface area (Å²) in [5.74, 6) is 1.60. The molecule has 1 aromatic carbocycles. The molecular weight excluding hydrogens is 322 g/mol. The predicted molar refractivity (Wildman–Crippen MR) is 101 cm³/mol. The lowest BCUT2D eigenvalue weighted by atomic mass is 10.1. The van der Waals surface area contributed by atoms with Gasteiger partial charge in [0.15, 0.2) is 16.6 Å². The molecule has 1 aliphatic heterocycles. The molecule has 2 rings (SSSR count). The number of thiocarbonyl (C=S) groups is 1. The Morgan fingerprint density at radius 2 is 1.83 bits per heavy atom. The Morgan fingerprint density at radius 1 is 1.21 bits per heavy atom. The van der Waals surface area contributed by atoms with Gasteiger partial charge < -0.3 is 24.6 Å². The second kappa shape index (κ2) is 9.08. The molecule has 0 unspecified atom stereocenters. The Balaban J connectivity index is 1.93. The second-order valence-electron chi connectivity index (χ2n) is 6.28. The third kappa shape index (κ3) is 4.74. The highest BCUT2D eigenvalue weighted by molar-refractivity contribution is 7.80. The van der Waals surface area contributed by atoms with Gasteiger partial charge >= 0.3 is 0 Å². The van der Waals surface area contributed by atoms with Gasteiger partial charge in [0.05, 0.1) is 40.4 Å². The van der Waals surface area contributed by atoms with Crippen LogP contribution in [-0.4, -0.2) is 57.0 Å². The molecule has 6 heteroatoms. The molecule has 5 nitrogen and oxygen atoms in total. The van der Waals surface area contributed by atoms with Crippen LogP contribution in [-0.2, 0) is 6.54 Å². The van der Waals surface area contributed by atoms with Gasteiger partial charge in [-0.25, -0.2) is 0 Å². The molecular formula is C18H30N3O2S+. The van der Waals surface area contributed by atoms with Crippen molar-refractivity contribution in [2.75, 3.05) is 46.9 Å². The van der Waals surface area contributed by atoms with Crippen LogP contribution < -0.4 is 19.7 Å². The van der Waals surface area contributed by atoms with Crippen LogP contribution in [0.2, 0.25) is 0 Å². The van der Waals surface area contributed by atoms with Crippen molar-refractivity contribution in [3.8, 4) is 11.5 Å². The van der Waals surface area contributed by atoms with Gasteiger partial charge in [-0.05, 0) is 43.3 Å². The number of aryl methyl sites for hydroxylation is 1. The minimum atomic E-state index is 0.797. The van der Waals surface area contributed by atoms with Crippen LogP contribution in [0.3, 0.4) is 0 Å². The molecule has 24 heavy (non-hydrogen) atoms. The van der Waals surface area contributed by atoms with Crippen LogP contribution >= 0.6 is 12.2 Å². The van der Waals surface area contributed by atoms with Gasteiger partial charge in [0.1, 0.15) is 6.54 Å². The zero-order chi connectivity index (χ0) is 17.5. The summed E-state index contributed by atoms with van der Waals surface area (Å²) in [4.78, 5) is 3.87. The Bertz CT molecular complexity index is 557. The van der Waals surface area contributed by atoms with Crippen molar-refractivity contribution in [3.63, 3.8) is 0 Å². The number of nitrogens with one attached hydrogen (secondary N) is 2. The third-order valence-corrected chi connectivity index (χ3v) is 4.97. The summed E-state index contributed by atoms with van der Waals surface area (Å²) in [5.41, 5.74) is 2.57. The van der Waals surface area contributed by atoms with Gasteiger partial charge in [-0.15, -0.1) is 0 Å². The molecule has 1 aliphatic rings. The van der Waals surface area contributed by atoms with Gasteiger partial charge in [-0.3, -0.25) is 0 Å². The van der Waals surface area contributed by atoms with E-state index in [0.717, 1.165) is 62.3 Å². The highest BCUT2D eigenvalue weighted by Gasteiger charge is 2.22. The first kappa shape index (κ1) is 18.8. The van der Waals surface area contributed by atoms with E-state index in [4.69, 9.17) is 21.7 Å². The van der Waals surface area contributed by atoms with Gasteiger partial charge in [-0.2, -0.15) is 0 Å². The maximum atomic E-state index is 5.46. The molecule has 1 aromatic rings. The molecule has 0 aromatic heterocycles. The monoisotopic (exact) mass is 352 g/mol. The fourth-order valence-corrected chi connectivity index (χ4v) is 3.31. The molecule has 0 aliphatic carbocycles. The largest absolute Gasteiger partial charge is 0.493 e. The molecule has 1 heterocycles. The van der Waals surface area contributed by atoms with Crippen molar-refractivity contribution in [1.29, 1.82) is 0 Å². The summed E-state index contributed by atoms with van der Waals surface area (Å²) in [6.45, 7) is 10.5. The number of hydrogen-bond acceptors (Lipinski definition) is 3. The Morgan fingerprint density at radius 3 is 2.42 bits per heavy atom. The summed E-state index contributed by atoms with van der Waals surface area (Å²) < 4.78 is 10.8. The average Bonchev–Trinajstić information content (AvgIpc) is 2.61. The van der Waals surface area contributed by atoms with Gasteiger partial charge in [-0.1, -0.05) is 6.92 Å². The van der Waals surface area contributed by atoms with E-state index in [9.17, 15) is 0 Å². The van der Waals surface area contributed by atoms with Crippen molar-refractivity contribution in [1.82, 2.24) is 10.2 Å². The van der Waals surface area contributed by atoms with Crippen molar-refractivity contribution in [2.45, 2.75) is 26.8 Å². The zero-order valence-corrected chi connectivity index (χ0v) is 16.1. The lowest BCUT2D eigenvalue weighted by molar-refractivity contribution is -0.917. The van der Waals surface area contributed by atoms with Crippen molar-refractivity contribution >= 4 is 17.3 Å². The van der Waals surface area contributed by atoms with Crippen molar-refractivity contribution < 1.29 is 14.4 Å². The van der Waals surface area contributed by atoms with Crippen molar-refractivity contribution in [3.05, 3.63) is 23.3 Å². The highest BCUT2D eigenvalue weighted by Crippen LogP contribution is 2.29. The molecule has 1 saturated heterocycles. The van der Waals surface area contributed by atoms with E-state index in [-0.39, 0.29) is 0 Å². The summed E-state index contributed by atoms with van der Waals surface area (Å²) >= 11 is 5.46. The Labute approximate surface area is 150 Å². The quantitative estimate of drug-likeness (QED) is 0.747. The number of benzene rings is 1. The molecule has 0 atom stereocenters. The summed E-state index contributed by atoms with van der Waals surface area (Å²) in [5, 5.41) is 4.22. The zero-order valence-electron chi connectivity index (χ0n) is 15.3. The standard InChI is InChI=1S/C18H29N3O2S/c1-5-6-19-18(24)21-9-7-20(8-10-21)13-15-12-17(23-4)16(22-3)11-14(15)2/h11-12H,5-10,13H2,1-4H3,(H,19,24)/p+1. The maximum absolute atomic E-state index is 5.46.